The summed E-state index contributed by atoms with van der Waals surface area (Å²) >= 11 is 0. The van der Waals surface area contributed by atoms with Crippen LogP contribution >= 0.6 is 15.6 Å². The zero-order valence-electron chi connectivity index (χ0n) is 62.0. The second kappa shape index (κ2) is 67.9. The Morgan fingerprint density at radius 2 is 0.537 bits per heavy atom. The summed E-state index contributed by atoms with van der Waals surface area (Å²) in [6.07, 6.45) is 55.7. The molecule has 6 atom stereocenters. The molecule has 0 radical (unpaired) electrons. The molecule has 0 fully saturated rings. The van der Waals surface area contributed by atoms with Gasteiger partial charge in [-0.2, -0.15) is 0 Å². The maximum atomic E-state index is 13.1. The predicted molar refractivity (Wildman–Crippen MR) is 386 cm³/mol. The van der Waals surface area contributed by atoms with Crippen LogP contribution in [0.1, 0.15) is 395 Å². The Morgan fingerprint density at radius 1 is 0.305 bits per heavy atom. The lowest BCUT2D eigenvalue weighted by Crippen LogP contribution is -2.30. The molecule has 0 spiro atoms. The van der Waals surface area contributed by atoms with Crippen LogP contribution in [-0.2, 0) is 65.4 Å². The molecule has 3 N–H and O–H groups in total. The van der Waals surface area contributed by atoms with Crippen molar-refractivity contribution < 1.29 is 80.2 Å². The number of aliphatic hydroxyl groups is 1. The highest BCUT2D eigenvalue weighted by Crippen LogP contribution is 2.45. The third kappa shape index (κ3) is 69.0. The fourth-order valence-corrected chi connectivity index (χ4v) is 13.2. The van der Waals surface area contributed by atoms with E-state index >= 15 is 0 Å². The smallest absolute Gasteiger partial charge is 0.462 e. The van der Waals surface area contributed by atoms with E-state index in [0.717, 1.165) is 115 Å². The Labute approximate surface area is 581 Å². The van der Waals surface area contributed by atoms with Gasteiger partial charge in [0.1, 0.15) is 19.3 Å². The first kappa shape index (κ1) is 93.1. The number of carbonyl (C=O) groups excluding carboxylic acids is 4. The normalized spacial score (nSPS) is 14.3. The third-order valence-corrected chi connectivity index (χ3v) is 20.0. The highest BCUT2D eigenvalue weighted by Gasteiger charge is 2.30. The van der Waals surface area contributed by atoms with Gasteiger partial charge >= 0.3 is 39.5 Å². The van der Waals surface area contributed by atoms with Gasteiger partial charge in [0, 0.05) is 25.7 Å². The molecule has 17 nitrogen and oxygen atoms in total. The van der Waals surface area contributed by atoms with E-state index in [1.165, 1.54) is 199 Å². The van der Waals surface area contributed by atoms with Gasteiger partial charge in [-0.25, -0.2) is 9.13 Å². The lowest BCUT2D eigenvalue weighted by atomic mass is 9.99. The number of ether oxygens (including phenoxy) is 4. The topological polar surface area (TPSA) is 237 Å². The van der Waals surface area contributed by atoms with Crippen molar-refractivity contribution in [2.24, 2.45) is 11.8 Å². The van der Waals surface area contributed by atoms with Crippen molar-refractivity contribution in [2.45, 2.75) is 413 Å². The number of phosphoric ester groups is 2. The molecule has 564 valence electrons. The molecule has 0 amide bonds. The highest BCUT2D eigenvalue weighted by molar-refractivity contribution is 7.47. The van der Waals surface area contributed by atoms with Gasteiger partial charge in [0.15, 0.2) is 12.2 Å². The van der Waals surface area contributed by atoms with Gasteiger partial charge in [0.25, 0.3) is 0 Å². The van der Waals surface area contributed by atoms with Crippen LogP contribution < -0.4 is 0 Å². The van der Waals surface area contributed by atoms with Crippen LogP contribution in [0.4, 0.5) is 0 Å². The minimum absolute atomic E-state index is 0.105. The average molecular weight is 1400 g/mol. The van der Waals surface area contributed by atoms with E-state index in [2.05, 4.69) is 41.5 Å². The van der Waals surface area contributed by atoms with Gasteiger partial charge in [-0.1, -0.05) is 343 Å². The highest BCUT2D eigenvalue weighted by atomic mass is 31.2. The van der Waals surface area contributed by atoms with Crippen molar-refractivity contribution in [1.29, 1.82) is 0 Å². The van der Waals surface area contributed by atoms with Crippen molar-refractivity contribution in [3.8, 4) is 0 Å². The second-order valence-electron chi connectivity index (χ2n) is 28.1. The van der Waals surface area contributed by atoms with E-state index in [4.69, 9.17) is 37.0 Å². The molecule has 0 aliphatic rings. The third-order valence-electron chi connectivity index (χ3n) is 18.1. The minimum atomic E-state index is -4.96. The Morgan fingerprint density at radius 3 is 0.800 bits per heavy atom. The van der Waals surface area contributed by atoms with Gasteiger partial charge in [-0.15, -0.1) is 0 Å². The summed E-state index contributed by atoms with van der Waals surface area (Å²) in [6, 6.07) is 0. The van der Waals surface area contributed by atoms with E-state index in [0.29, 0.717) is 25.7 Å². The molecule has 0 aliphatic heterocycles. The van der Waals surface area contributed by atoms with E-state index in [-0.39, 0.29) is 25.7 Å². The summed E-state index contributed by atoms with van der Waals surface area (Å²) in [5.41, 5.74) is 0. The molecule has 0 aromatic carbocycles. The van der Waals surface area contributed by atoms with E-state index in [9.17, 15) is 43.2 Å². The quantitative estimate of drug-likeness (QED) is 0.0222. The Hall–Kier alpha value is -1.94. The Bertz CT molecular complexity index is 1840. The van der Waals surface area contributed by atoms with Gasteiger partial charge in [0.05, 0.1) is 26.4 Å². The molecule has 0 saturated heterocycles. The predicted octanol–water partition coefficient (Wildman–Crippen LogP) is 22.3. The summed E-state index contributed by atoms with van der Waals surface area (Å²) in [5.74, 6) is -0.451. The van der Waals surface area contributed by atoms with Gasteiger partial charge in [-0.05, 0) is 37.5 Å². The maximum absolute atomic E-state index is 13.1. The van der Waals surface area contributed by atoms with Crippen molar-refractivity contribution in [3.05, 3.63) is 0 Å². The first-order valence-corrected chi connectivity index (χ1v) is 42.5. The molecule has 0 bridgehead atoms. The largest absolute Gasteiger partial charge is 0.472 e. The second-order valence-corrected chi connectivity index (χ2v) is 31.0. The lowest BCUT2D eigenvalue weighted by Gasteiger charge is -2.21. The van der Waals surface area contributed by atoms with Crippen LogP contribution in [-0.4, -0.2) is 96.7 Å². The molecule has 19 heteroatoms. The summed E-state index contributed by atoms with van der Waals surface area (Å²) < 4.78 is 68.3. The fourth-order valence-electron chi connectivity index (χ4n) is 11.6. The zero-order valence-corrected chi connectivity index (χ0v) is 63.8. The number of esters is 4. The summed E-state index contributed by atoms with van der Waals surface area (Å²) in [4.78, 5) is 72.6. The van der Waals surface area contributed by atoms with Gasteiger partial charge in [0.2, 0.25) is 0 Å². The number of carbonyl (C=O) groups is 4. The summed E-state index contributed by atoms with van der Waals surface area (Å²) in [5, 5.41) is 10.6. The van der Waals surface area contributed by atoms with Crippen LogP contribution in [0.15, 0.2) is 0 Å². The molecule has 0 aliphatic carbocycles. The van der Waals surface area contributed by atoms with Crippen LogP contribution in [0.25, 0.3) is 0 Å². The Balaban J connectivity index is 5.14. The first-order chi connectivity index (χ1) is 45.9. The molecule has 0 aromatic heterocycles. The van der Waals surface area contributed by atoms with Gasteiger partial charge < -0.3 is 33.8 Å². The number of rotatable bonds is 75. The minimum Gasteiger partial charge on any atom is -0.462 e. The standard InChI is InChI=1S/C76H148O17P2/c1-7-10-12-14-16-40-46-52-58-73(78)86-64-71(92-75(80)60-54-48-41-17-15-13-11-8-2)66-90-94(82,83)88-62-70(77)63-89-95(84,85)91-67-72(65-87-74(79)59-53-47-42-36-32-28-25-24-27-31-35-39-45-51-57-69(6)9-3)93-76(81)61-55-49-43-37-33-29-23-21-19-18-20-22-26-30-34-38-44-50-56-68(4)5/h68-72,77H,7-67H2,1-6H3,(H,82,83)(H,84,85)/t69?,70-,71+,72+/m0/s1. The molecule has 0 heterocycles. The van der Waals surface area contributed by atoms with Crippen molar-refractivity contribution >= 4 is 39.5 Å². The number of aliphatic hydroxyl groups excluding tert-OH is 1. The number of hydrogen-bond donors (Lipinski definition) is 3. The molecule has 3 unspecified atom stereocenters. The molecule has 0 saturated carbocycles. The lowest BCUT2D eigenvalue weighted by molar-refractivity contribution is -0.161. The Kier molecular flexibility index (Phi) is 66.5. The van der Waals surface area contributed by atoms with Crippen LogP contribution in [0.5, 0.6) is 0 Å². The van der Waals surface area contributed by atoms with Crippen molar-refractivity contribution in [2.75, 3.05) is 39.6 Å². The van der Waals surface area contributed by atoms with Crippen molar-refractivity contribution in [3.63, 3.8) is 0 Å². The first-order valence-electron chi connectivity index (χ1n) is 39.5. The van der Waals surface area contributed by atoms with E-state index < -0.39 is 97.5 Å². The molecule has 0 aromatic rings. The summed E-state index contributed by atoms with van der Waals surface area (Å²) in [7, 11) is -9.90. The van der Waals surface area contributed by atoms with E-state index in [1.807, 2.05) is 0 Å². The molecular formula is C76H148O17P2. The SMILES string of the molecule is CCCCCCCCCCC(=O)OC[C@H](COP(=O)(O)OC[C@H](O)COP(=O)(O)OC[C@@H](COC(=O)CCCCCCCCCCCCCCCCC(C)CC)OC(=O)CCCCCCCCCCCCCCCCCCCCC(C)C)OC(=O)CCCCCCCCCC. The molecular weight excluding hydrogens is 1250 g/mol. The van der Waals surface area contributed by atoms with Gasteiger partial charge in [-0.3, -0.25) is 37.3 Å². The number of phosphoric acid groups is 2. The molecule has 0 rings (SSSR count). The number of unbranched alkanes of at least 4 members (excludes halogenated alkanes) is 44. The number of hydrogen-bond acceptors (Lipinski definition) is 15. The maximum Gasteiger partial charge on any atom is 0.472 e. The average Bonchev–Trinajstić information content (AvgIpc) is 1.86. The van der Waals surface area contributed by atoms with Crippen LogP contribution in [0.2, 0.25) is 0 Å². The van der Waals surface area contributed by atoms with Crippen molar-refractivity contribution in [1.82, 2.24) is 0 Å². The molecule has 95 heavy (non-hydrogen) atoms. The van der Waals surface area contributed by atoms with E-state index in [1.54, 1.807) is 0 Å². The zero-order chi connectivity index (χ0) is 70.0. The van der Waals surface area contributed by atoms with Crippen LogP contribution in [0.3, 0.4) is 0 Å². The van der Waals surface area contributed by atoms with Crippen LogP contribution in [0, 0.1) is 11.8 Å². The fraction of sp³-hybridized carbons (Fsp3) is 0.947. The summed E-state index contributed by atoms with van der Waals surface area (Å²) in [6.45, 7) is 9.63. The monoisotopic (exact) mass is 1400 g/mol.